The van der Waals surface area contributed by atoms with E-state index in [1.807, 2.05) is 0 Å². The quantitative estimate of drug-likeness (QED) is 0.701. The molecule has 0 fully saturated rings. The van der Waals surface area contributed by atoms with E-state index in [0.29, 0.717) is 6.54 Å². The fourth-order valence-electron chi connectivity index (χ4n) is 1.16. The Balaban J connectivity index is 2.57. The third-order valence-corrected chi connectivity index (χ3v) is 1.67. The van der Waals surface area contributed by atoms with Crippen LogP contribution in [0.2, 0.25) is 0 Å². The number of aromatic nitrogens is 3. The summed E-state index contributed by atoms with van der Waals surface area (Å²) in [4.78, 5) is 21.2. The molecule has 0 saturated carbocycles. The standard InChI is InChI=1S/C8H12N4O3/c1-5(9-6(2)13)3-12-4-7(8(14)15)10-11-12/h4-5H,3H2,1-2H3,(H,9,13)(H,14,15)/t5-/m0/s1. The maximum atomic E-state index is 10.7. The highest BCUT2D eigenvalue weighted by molar-refractivity contribution is 5.84. The lowest BCUT2D eigenvalue weighted by molar-refractivity contribution is -0.119. The number of carbonyl (C=O) groups is 2. The molecule has 0 saturated heterocycles. The fourth-order valence-corrected chi connectivity index (χ4v) is 1.16. The van der Waals surface area contributed by atoms with Gasteiger partial charge < -0.3 is 10.4 Å². The predicted octanol–water partition coefficient (Wildman–Crippen LogP) is -0.499. The van der Waals surface area contributed by atoms with Crippen molar-refractivity contribution in [3.63, 3.8) is 0 Å². The molecule has 1 amide bonds. The number of nitrogens with one attached hydrogen (secondary N) is 1. The zero-order chi connectivity index (χ0) is 11.4. The first-order valence-electron chi connectivity index (χ1n) is 4.39. The summed E-state index contributed by atoms with van der Waals surface area (Å²) in [6.45, 7) is 3.60. The van der Waals surface area contributed by atoms with Gasteiger partial charge in [0.1, 0.15) is 0 Å². The fraction of sp³-hybridized carbons (Fsp3) is 0.500. The molecule has 0 unspecified atom stereocenters. The van der Waals surface area contributed by atoms with E-state index in [4.69, 9.17) is 5.11 Å². The van der Waals surface area contributed by atoms with Gasteiger partial charge in [0.05, 0.1) is 12.7 Å². The van der Waals surface area contributed by atoms with Gasteiger partial charge in [-0.2, -0.15) is 0 Å². The molecule has 15 heavy (non-hydrogen) atoms. The summed E-state index contributed by atoms with van der Waals surface area (Å²) in [7, 11) is 0. The van der Waals surface area contributed by atoms with E-state index in [1.54, 1.807) is 6.92 Å². The first-order valence-corrected chi connectivity index (χ1v) is 4.39. The van der Waals surface area contributed by atoms with E-state index >= 15 is 0 Å². The SMILES string of the molecule is CC(=O)N[C@@H](C)Cn1cc(C(=O)O)nn1. The van der Waals surface area contributed by atoms with Gasteiger partial charge in [-0.1, -0.05) is 5.21 Å². The Morgan fingerprint density at radius 1 is 1.67 bits per heavy atom. The predicted molar refractivity (Wildman–Crippen MR) is 50.3 cm³/mol. The van der Waals surface area contributed by atoms with Gasteiger partial charge in [0, 0.05) is 13.0 Å². The van der Waals surface area contributed by atoms with E-state index in [2.05, 4.69) is 15.6 Å². The summed E-state index contributed by atoms with van der Waals surface area (Å²) in [5.74, 6) is -1.26. The van der Waals surface area contributed by atoms with Crippen LogP contribution in [0.4, 0.5) is 0 Å². The van der Waals surface area contributed by atoms with Gasteiger partial charge in [-0.25, -0.2) is 9.48 Å². The largest absolute Gasteiger partial charge is 0.476 e. The average Bonchev–Trinajstić information content (AvgIpc) is 2.50. The first-order chi connectivity index (χ1) is 6.99. The van der Waals surface area contributed by atoms with Crippen molar-refractivity contribution < 1.29 is 14.7 Å². The number of carboxylic acid groups (broad SMARTS) is 1. The second-order valence-corrected chi connectivity index (χ2v) is 3.23. The highest BCUT2D eigenvalue weighted by atomic mass is 16.4. The van der Waals surface area contributed by atoms with Crippen LogP contribution in [0, 0.1) is 0 Å². The van der Waals surface area contributed by atoms with Crippen molar-refractivity contribution in [3.8, 4) is 0 Å². The minimum Gasteiger partial charge on any atom is -0.476 e. The topological polar surface area (TPSA) is 97.1 Å². The van der Waals surface area contributed by atoms with Crippen molar-refractivity contribution >= 4 is 11.9 Å². The molecule has 1 heterocycles. The number of rotatable bonds is 4. The van der Waals surface area contributed by atoms with Gasteiger partial charge in [0.15, 0.2) is 5.69 Å². The normalized spacial score (nSPS) is 12.1. The molecule has 0 aliphatic rings. The molecule has 0 bridgehead atoms. The van der Waals surface area contributed by atoms with Crippen molar-refractivity contribution in [2.75, 3.05) is 0 Å². The number of carboxylic acids is 1. The molecule has 0 aliphatic carbocycles. The van der Waals surface area contributed by atoms with Crippen LogP contribution in [0.3, 0.4) is 0 Å². The lowest BCUT2D eigenvalue weighted by Crippen LogP contribution is -2.34. The highest BCUT2D eigenvalue weighted by Crippen LogP contribution is 1.94. The molecule has 1 atom stereocenters. The van der Waals surface area contributed by atoms with Crippen molar-refractivity contribution in [2.45, 2.75) is 26.4 Å². The smallest absolute Gasteiger partial charge is 0.358 e. The van der Waals surface area contributed by atoms with Crippen molar-refractivity contribution in [1.29, 1.82) is 0 Å². The summed E-state index contributed by atoms with van der Waals surface area (Å²) in [6, 6.07) is -0.120. The number of hydrogen-bond donors (Lipinski definition) is 2. The van der Waals surface area contributed by atoms with Gasteiger partial charge in [0.25, 0.3) is 0 Å². The third-order valence-electron chi connectivity index (χ3n) is 1.67. The minimum absolute atomic E-state index is 0.106. The van der Waals surface area contributed by atoms with Gasteiger partial charge >= 0.3 is 5.97 Å². The van der Waals surface area contributed by atoms with Crippen LogP contribution >= 0.6 is 0 Å². The second kappa shape index (κ2) is 4.54. The summed E-state index contributed by atoms with van der Waals surface area (Å²) in [6.07, 6.45) is 1.32. The Hall–Kier alpha value is -1.92. The number of amides is 1. The summed E-state index contributed by atoms with van der Waals surface area (Å²) >= 11 is 0. The molecular formula is C8H12N4O3. The second-order valence-electron chi connectivity index (χ2n) is 3.23. The molecule has 7 nitrogen and oxygen atoms in total. The summed E-state index contributed by atoms with van der Waals surface area (Å²) in [5, 5.41) is 18.3. The number of carbonyl (C=O) groups excluding carboxylic acids is 1. The van der Waals surface area contributed by atoms with Gasteiger partial charge in [-0.3, -0.25) is 4.79 Å². The lowest BCUT2D eigenvalue weighted by Gasteiger charge is -2.11. The molecule has 82 valence electrons. The van der Waals surface area contributed by atoms with Gasteiger partial charge in [0.2, 0.25) is 5.91 Å². The first kappa shape index (κ1) is 11.2. The molecular weight excluding hydrogens is 200 g/mol. The maximum absolute atomic E-state index is 10.7. The lowest BCUT2D eigenvalue weighted by atomic mass is 10.3. The van der Waals surface area contributed by atoms with E-state index < -0.39 is 5.97 Å². The Labute approximate surface area is 86.1 Å². The van der Waals surface area contributed by atoms with Crippen LogP contribution in [-0.4, -0.2) is 38.0 Å². The Bertz CT molecular complexity index is 374. The van der Waals surface area contributed by atoms with Crippen LogP contribution in [0.15, 0.2) is 6.20 Å². The van der Waals surface area contributed by atoms with E-state index in [9.17, 15) is 9.59 Å². The summed E-state index contributed by atoms with van der Waals surface area (Å²) < 4.78 is 1.38. The van der Waals surface area contributed by atoms with Gasteiger partial charge in [-0.15, -0.1) is 5.10 Å². The van der Waals surface area contributed by atoms with Crippen molar-refractivity contribution in [2.24, 2.45) is 0 Å². The molecule has 0 radical (unpaired) electrons. The monoisotopic (exact) mass is 212 g/mol. The van der Waals surface area contributed by atoms with Crippen LogP contribution in [-0.2, 0) is 11.3 Å². The Morgan fingerprint density at radius 2 is 2.33 bits per heavy atom. The minimum atomic E-state index is -1.12. The number of nitrogens with zero attached hydrogens (tertiary/aromatic N) is 3. The molecule has 1 rings (SSSR count). The van der Waals surface area contributed by atoms with E-state index in [0.717, 1.165) is 0 Å². The molecule has 0 aliphatic heterocycles. The zero-order valence-electron chi connectivity index (χ0n) is 8.47. The Morgan fingerprint density at radius 3 is 2.80 bits per heavy atom. The van der Waals surface area contributed by atoms with Crippen molar-refractivity contribution in [1.82, 2.24) is 20.3 Å². The highest BCUT2D eigenvalue weighted by Gasteiger charge is 2.10. The van der Waals surface area contributed by atoms with E-state index in [1.165, 1.54) is 17.8 Å². The van der Waals surface area contributed by atoms with Crippen LogP contribution in [0.1, 0.15) is 24.3 Å². The summed E-state index contributed by atoms with van der Waals surface area (Å²) in [5.41, 5.74) is -0.106. The molecule has 1 aromatic rings. The van der Waals surface area contributed by atoms with Crippen molar-refractivity contribution in [3.05, 3.63) is 11.9 Å². The molecule has 2 N–H and O–H groups in total. The third kappa shape index (κ3) is 3.37. The van der Waals surface area contributed by atoms with Crippen LogP contribution in [0.5, 0.6) is 0 Å². The molecule has 7 heteroatoms. The Kier molecular flexibility index (Phi) is 3.37. The van der Waals surface area contributed by atoms with Crippen LogP contribution < -0.4 is 5.32 Å². The number of hydrogen-bond acceptors (Lipinski definition) is 4. The molecule has 0 spiro atoms. The van der Waals surface area contributed by atoms with E-state index in [-0.39, 0.29) is 17.6 Å². The van der Waals surface area contributed by atoms with Crippen LogP contribution in [0.25, 0.3) is 0 Å². The maximum Gasteiger partial charge on any atom is 0.358 e. The zero-order valence-corrected chi connectivity index (χ0v) is 8.47. The molecule has 1 aromatic heterocycles. The van der Waals surface area contributed by atoms with Gasteiger partial charge in [-0.05, 0) is 6.92 Å². The average molecular weight is 212 g/mol. The molecule has 0 aromatic carbocycles. The number of aromatic carboxylic acids is 1.